The molecule has 0 saturated carbocycles. The fourth-order valence-corrected chi connectivity index (χ4v) is 1.89. The van der Waals surface area contributed by atoms with Crippen LogP contribution in [-0.4, -0.2) is 28.6 Å². The number of hydrogen-bond acceptors (Lipinski definition) is 2. The topological polar surface area (TPSA) is 54.2 Å². The molecule has 5 nitrogen and oxygen atoms in total. The van der Waals surface area contributed by atoms with E-state index in [1.54, 1.807) is 12.5 Å². The highest BCUT2D eigenvalue weighted by molar-refractivity contribution is 14.0. The average molecular weight is 435 g/mol. The molecule has 0 radical (unpaired) electrons. The lowest BCUT2D eigenvalue weighted by Crippen LogP contribution is -2.38. The Labute approximate surface area is 151 Å². The van der Waals surface area contributed by atoms with Crippen molar-refractivity contribution in [1.82, 2.24) is 20.2 Å². The highest BCUT2D eigenvalue weighted by Gasteiger charge is 2.04. The first-order chi connectivity index (χ1) is 10.7. The maximum absolute atomic E-state index is 13.6. The van der Waals surface area contributed by atoms with Crippen LogP contribution in [0.2, 0.25) is 0 Å². The predicted molar refractivity (Wildman–Crippen MR) is 96.8 cm³/mol. The van der Waals surface area contributed by atoms with Gasteiger partial charge in [0.05, 0.1) is 12.9 Å². The van der Waals surface area contributed by atoms with Crippen LogP contribution in [0.25, 0.3) is 0 Å². The van der Waals surface area contributed by atoms with Gasteiger partial charge in [-0.3, -0.25) is 0 Å². The quantitative estimate of drug-likeness (QED) is 0.417. The van der Waals surface area contributed by atoms with Crippen LogP contribution in [0.3, 0.4) is 0 Å². The molecule has 0 atom stereocenters. The van der Waals surface area contributed by atoms with Crippen molar-refractivity contribution >= 4 is 29.9 Å². The molecule has 0 fully saturated rings. The third kappa shape index (κ3) is 6.51. The van der Waals surface area contributed by atoms with E-state index in [1.165, 1.54) is 0 Å². The molecule has 8 heteroatoms. The second-order valence-corrected chi connectivity index (χ2v) is 4.66. The molecule has 0 aliphatic rings. The number of benzene rings is 1. The van der Waals surface area contributed by atoms with Crippen LogP contribution < -0.4 is 10.6 Å². The minimum absolute atomic E-state index is 0. The number of guanidine groups is 1. The highest BCUT2D eigenvalue weighted by atomic mass is 127. The summed E-state index contributed by atoms with van der Waals surface area (Å²) in [6.45, 7) is 4.08. The molecule has 1 aromatic carbocycles. The van der Waals surface area contributed by atoms with Gasteiger partial charge in [-0.2, -0.15) is 0 Å². The summed E-state index contributed by atoms with van der Waals surface area (Å²) >= 11 is 0. The second-order valence-electron chi connectivity index (χ2n) is 4.66. The Kier molecular flexibility index (Phi) is 8.52. The Balaban J connectivity index is 0.00000264. The van der Waals surface area contributed by atoms with E-state index in [0.29, 0.717) is 19.0 Å². The zero-order valence-corrected chi connectivity index (χ0v) is 15.1. The molecule has 2 N–H and O–H groups in total. The molecule has 0 saturated heterocycles. The Morgan fingerprint density at radius 1 is 1.30 bits per heavy atom. The van der Waals surface area contributed by atoms with Crippen LogP contribution in [0.5, 0.6) is 0 Å². The number of nitrogens with one attached hydrogen (secondary N) is 2. The maximum atomic E-state index is 13.6. The Morgan fingerprint density at radius 3 is 2.83 bits per heavy atom. The monoisotopic (exact) mass is 435 g/mol. The van der Waals surface area contributed by atoms with E-state index in [2.05, 4.69) is 20.6 Å². The number of rotatable bonds is 6. The van der Waals surface area contributed by atoms with Crippen LogP contribution in [0.4, 0.5) is 8.78 Å². The fraction of sp³-hybridized carbons (Fsp3) is 0.333. The number of hydrogen-bond donors (Lipinski definition) is 2. The van der Waals surface area contributed by atoms with Crippen LogP contribution in [0.15, 0.2) is 41.9 Å². The van der Waals surface area contributed by atoms with Crippen molar-refractivity contribution < 1.29 is 8.78 Å². The smallest absolute Gasteiger partial charge is 0.191 e. The molecule has 1 heterocycles. The Hall–Kier alpha value is -1.71. The van der Waals surface area contributed by atoms with Gasteiger partial charge in [0.25, 0.3) is 0 Å². The van der Waals surface area contributed by atoms with Gasteiger partial charge in [0.15, 0.2) is 5.96 Å². The van der Waals surface area contributed by atoms with Crippen molar-refractivity contribution in [3.8, 4) is 0 Å². The van der Waals surface area contributed by atoms with E-state index >= 15 is 0 Å². The molecule has 0 amide bonds. The summed E-state index contributed by atoms with van der Waals surface area (Å²) in [5.41, 5.74) is 0.229. The number of aliphatic imine (C=N–C) groups is 1. The maximum Gasteiger partial charge on any atom is 0.191 e. The van der Waals surface area contributed by atoms with Crippen molar-refractivity contribution in [3.05, 3.63) is 54.1 Å². The molecule has 126 valence electrons. The van der Waals surface area contributed by atoms with Crippen molar-refractivity contribution in [2.45, 2.75) is 20.0 Å². The fourth-order valence-electron chi connectivity index (χ4n) is 1.89. The molecule has 0 bridgehead atoms. The lowest BCUT2D eigenvalue weighted by atomic mass is 10.2. The van der Waals surface area contributed by atoms with Crippen LogP contribution in [0.1, 0.15) is 12.5 Å². The summed E-state index contributed by atoms with van der Waals surface area (Å²) in [5.74, 6) is -0.365. The van der Waals surface area contributed by atoms with E-state index in [4.69, 9.17) is 0 Å². The minimum atomic E-state index is -0.468. The first kappa shape index (κ1) is 19.3. The van der Waals surface area contributed by atoms with E-state index in [9.17, 15) is 8.78 Å². The van der Waals surface area contributed by atoms with E-state index in [0.717, 1.165) is 24.7 Å². The van der Waals surface area contributed by atoms with Gasteiger partial charge in [0.1, 0.15) is 11.6 Å². The summed E-state index contributed by atoms with van der Waals surface area (Å²) in [5, 5.41) is 6.20. The zero-order chi connectivity index (χ0) is 15.8. The predicted octanol–water partition coefficient (Wildman–Crippen LogP) is 2.53. The van der Waals surface area contributed by atoms with Crippen LogP contribution in [-0.2, 0) is 13.1 Å². The molecule has 1 aromatic heterocycles. The first-order valence-electron chi connectivity index (χ1n) is 7.11. The molecule has 0 aliphatic carbocycles. The number of nitrogens with zero attached hydrogens (tertiary/aromatic N) is 3. The lowest BCUT2D eigenvalue weighted by Gasteiger charge is -2.11. The number of aromatic nitrogens is 2. The van der Waals surface area contributed by atoms with Gasteiger partial charge in [-0.25, -0.2) is 18.8 Å². The molecule has 2 rings (SSSR count). The Morgan fingerprint density at radius 2 is 2.13 bits per heavy atom. The summed E-state index contributed by atoms with van der Waals surface area (Å²) in [6, 6.07) is 3.37. The van der Waals surface area contributed by atoms with Gasteiger partial charge < -0.3 is 15.2 Å². The second kappa shape index (κ2) is 10.1. The molecule has 0 spiro atoms. The normalized spacial score (nSPS) is 11.0. The lowest BCUT2D eigenvalue weighted by molar-refractivity contribution is 0.585. The number of halogens is 3. The van der Waals surface area contributed by atoms with Gasteiger partial charge >= 0.3 is 0 Å². The molecular weight excluding hydrogens is 415 g/mol. The number of imidazole rings is 1. The zero-order valence-electron chi connectivity index (χ0n) is 12.8. The largest absolute Gasteiger partial charge is 0.357 e. The third-order valence-corrected chi connectivity index (χ3v) is 2.98. The van der Waals surface area contributed by atoms with Gasteiger partial charge in [0, 0.05) is 37.6 Å². The summed E-state index contributed by atoms with van der Waals surface area (Å²) in [7, 11) is 0. The van der Waals surface area contributed by atoms with Crippen molar-refractivity contribution in [2.24, 2.45) is 4.99 Å². The van der Waals surface area contributed by atoms with Crippen molar-refractivity contribution in [1.29, 1.82) is 0 Å². The third-order valence-electron chi connectivity index (χ3n) is 2.98. The van der Waals surface area contributed by atoms with E-state index in [1.807, 2.05) is 17.7 Å². The minimum Gasteiger partial charge on any atom is -0.357 e. The van der Waals surface area contributed by atoms with Crippen LogP contribution >= 0.6 is 24.0 Å². The molecule has 0 unspecified atom stereocenters. The van der Waals surface area contributed by atoms with Crippen LogP contribution in [0, 0.1) is 11.6 Å². The van der Waals surface area contributed by atoms with Gasteiger partial charge in [-0.05, 0) is 25.1 Å². The molecular formula is C15H20F2IN5. The Bertz CT molecular complexity index is 616. The highest BCUT2D eigenvalue weighted by Crippen LogP contribution is 2.10. The van der Waals surface area contributed by atoms with Gasteiger partial charge in [-0.15, -0.1) is 24.0 Å². The van der Waals surface area contributed by atoms with Gasteiger partial charge in [-0.1, -0.05) is 0 Å². The van der Waals surface area contributed by atoms with E-state index in [-0.39, 0.29) is 36.1 Å². The van der Waals surface area contributed by atoms with Crippen molar-refractivity contribution in [2.75, 3.05) is 13.1 Å². The summed E-state index contributed by atoms with van der Waals surface area (Å²) in [6.07, 6.45) is 5.31. The molecule has 0 aliphatic heterocycles. The average Bonchev–Trinajstić information content (AvgIpc) is 3.01. The standard InChI is InChI=1S/C15H19F2N5.HI/c1-2-19-15(20-6-8-22-7-5-18-11-22)21-10-12-9-13(16)3-4-14(12)17;/h3-5,7,9,11H,2,6,8,10H2,1H3,(H2,19,20,21);1H. The SMILES string of the molecule is CCNC(=NCc1cc(F)ccc1F)NCCn1ccnc1.I. The first-order valence-corrected chi connectivity index (χ1v) is 7.11. The van der Waals surface area contributed by atoms with Gasteiger partial charge in [0.2, 0.25) is 0 Å². The summed E-state index contributed by atoms with van der Waals surface area (Å²) < 4.78 is 28.6. The van der Waals surface area contributed by atoms with E-state index < -0.39 is 11.6 Å². The van der Waals surface area contributed by atoms with Crippen molar-refractivity contribution in [3.63, 3.8) is 0 Å². The molecule has 2 aromatic rings. The summed E-state index contributed by atoms with van der Waals surface area (Å²) in [4.78, 5) is 8.23. The molecule has 23 heavy (non-hydrogen) atoms.